The van der Waals surface area contributed by atoms with Crippen LogP contribution in [0.5, 0.6) is 0 Å². The van der Waals surface area contributed by atoms with E-state index < -0.39 is 0 Å². The highest BCUT2D eigenvalue weighted by Gasteiger charge is 2.49. The van der Waals surface area contributed by atoms with Crippen LogP contribution in [0.1, 0.15) is 25.8 Å². The number of aliphatic hydroxyl groups is 1. The summed E-state index contributed by atoms with van der Waals surface area (Å²) >= 11 is 12.0. The van der Waals surface area contributed by atoms with Gasteiger partial charge in [0.05, 0.1) is 6.10 Å². The Balaban J connectivity index is 2.06. The monoisotopic (exact) mass is 258 g/mol. The highest BCUT2D eigenvalue weighted by atomic mass is 35.5. The SMILES string of the molecule is CC1(C)CC1C(O)Cc1cc(Cl)ccc1Cl. The zero-order valence-corrected chi connectivity index (χ0v) is 11.0. The molecule has 1 fully saturated rings. The Hall–Kier alpha value is -0.240. The minimum absolute atomic E-state index is 0.282. The Morgan fingerprint density at radius 1 is 1.44 bits per heavy atom. The number of aliphatic hydroxyl groups excluding tert-OH is 1. The smallest absolute Gasteiger partial charge is 0.0614 e. The zero-order chi connectivity index (χ0) is 11.9. The molecular weight excluding hydrogens is 243 g/mol. The van der Waals surface area contributed by atoms with Crippen LogP contribution in [0.3, 0.4) is 0 Å². The minimum atomic E-state index is -0.314. The van der Waals surface area contributed by atoms with Gasteiger partial charge in [-0.2, -0.15) is 0 Å². The van der Waals surface area contributed by atoms with Gasteiger partial charge in [0.15, 0.2) is 0 Å². The predicted octanol–water partition coefficient (Wildman–Crippen LogP) is 3.94. The second-order valence-corrected chi connectivity index (χ2v) is 6.15. The standard InChI is InChI=1S/C13H16Cl2O/c1-13(2)7-10(13)12(16)6-8-5-9(14)3-4-11(8)15/h3-5,10,12,16H,6-7H2,1-2H3. The van der Waals surface area contributed by atoms with Gasteiger partial charge in [0.1, 0.15) is 0 Å². The van der Waals surface area contributed by atoms with Gasteiger partial charge in [-0.15, -0.1) is 0 Å². The third-order valence-corrected chi connectivity index (χ3v) is 4.09. The van der Waals surface area contributed by atoms with Crippen molar-refractivity contribution in [2.75, 3.05) is 0 Å². The van der Waals surface area contributed by atoms with Crippen LogP contribution >= 0.6 is 23.2 Å². The molecule has 0 aromatic heterocycles. The van der Waals surface area contributed by atoms with E-state index in [9.17, 15) is 5.11 Å². The van der Waals surface area contributed by atoms with E-state index in [1.807, 2.05) is 6.07 Å². The molecule has 2 unspecified atom stereocenters. The van der Waals surface area contributed by atoms with Gasteiger partial charge in [-0.25, -0.2) is 0 Å². The van der Waals surface area contributed by atoms with Gasteiger partial charge >= 0.3 is 0 Å². The van der Waals surface area contributed by atoms with Crippen molar-refractivity contribution in [3.05, 3.63) is 33.8 Å². The molecule has 1 aliphatic rings. The lowest BCUT2D eigenvalue weighted by atomic mass is 10.00. The van der Waals surface area contributed by atoms with Gasteiger partial charge in [0.25, 0.3) is 0 Å². The highest BCUT2D eigenvalue weighted by Crippen LogP contribution is 2.54. The van der Waals surface area contributed by atoms with E-state index in [0.29, 0.717) is 22.4 Å². The topological polar surface area (TPSA) is 20.2 Å². The van der Waals surface area contributed by atoms with Crippen LogP contribution in [0.4, 0.5) is 0 Å². The van der Waals surface area contributed by atoms with E-state index in [4.69, 9.17) is 23.2 Å². The number of halogens is 2. The van der Waals surface area contributed by atoms with Crippen molar-refractivity contribution in [3.63, 3.8) is 0 Å². The summed E-state index contributed by atoms with van der Waals surface area (Å²) in [6.07, 6.45) is 1.37. The number of benzene rings is 1. The Morgan fingerprint density at radius 2 is 2.06 bits per heavy atom. The lowest BCUT2D eigenvalue weighted by Gasteiger charge is -2.13. The molecule has 88 valence electrons. The molecule has 3 heteroatoms. The van der Waals surface area contributed by atoms with Gasteiger partial charge in [0.2, 0.25) is 0 Å². The molecule has 1 aliphatic carbocycles. The van der Waals surface area contributed by atoms with E-state index in [0.717, 1.165) is 12.0 Å². The summed E-state index contributed by atoms with van der Waals surface area (Å²) in [5.74, 6) is 0.391. The fraction of sp³-hybridized carbons (Fsp3) is 0.538. The lowest BCUT2D eigenvalue weighted by molar-refractivity contribution is 0.137. The summed E-state index contributed by atoms with van der Waals surface area (Å²) in [4.78, 5) is 0. The molecular formula is C13H16Cl2O. The minimum Gasteiger partial charge on any atom is -0.392 e. The summed E-state index contributed by atoms with van der Waals surface area (Å²) < 4.78 is 0. The summed E-state index contributed by atoms with van der Waals surface area (Å²) in [5, 5.41) is 11.4. The van der Waals surface area contributed by atoms with Crippen molar-refractivity contribution in [1.29, 1.82) is 0 Å². The number of hydrogen-bond donors (Lipinski definition) is 1. The maximum Gasteiger partial charge on any atom is 0.0614 e. The van der Waals surface area contributed by atoms with Crippen molar-refractivity contribution in [3.8, 4) is 0 Å². The molecule has 0 amide bonds. The van der Waals surface area contributed by atoms with Gasteiger partial charge < -0.3 is 5.11 Å². The Bertz CT molecular complexity index is 401. The molecule has 2 atom stereocenters. The van der Waals surface area contributed by atoms with Crippen molar-refractivity contribution >= 4 is 23.2 Å². The van der Waals surface area contributed by atoms with E-state index in [1.54, 1.807) is 12.1 Å². The quantitative estimate of drug-likeness (QED) is 0.871. The van der Waals surface area contributed by atoms with Gasteiger partial charge in [-0.1, -0.05) is 37.0 Å². The molecule has 1 aromatic carbocycles. The molecule has 0 bridgehead atoms. The number of rotatable bonds is 3. The van der Waals surface area contributed by atoms with Gasteiger partial charge in [-0.3, -0.25) is 0 Å². The van der Waals surface area contributed by atoms with Crippen LogP contribution in [0.2, 0.25) is 10.0 Å². The molecule has 0 spiro atoms. The van der Waals surface area contributed by atoms with Crippen molar-refractivity contribution in [1.82, 2.24) is 0 Å². The average Bonchev–Trinajstić information content (AvgIpc) is 2.82. The first-order valence-electron chi connectivity index (χ1n) is 5.52. The van der Waals surface area contributed by atoms with E-state index in [2.05, 4.69) is 13.8 Å². The molecule has 0 saturated heterocycles. The molecule has 1 saturated carbocycles. The third-order valence-electron chi connectivity index (χ3n) is 3.49. The lowest BCUT2D eigenvalue weighted by Crippen LogP contribution is -2.16. The molecule has 1 aromatic rings. The maximum absolute atomic E-state index is 10.1. The van der Waals surface area contributed by atoms with Crippen molar-refractivity contribution < 1.29 is 5.11 Å². The van der Waals surface area contributed by atoms with Crippen LogP contribution in [0.15, 0.2) is 18.2 Å². The van der Waals surface area contributed by atoms with Gasteiger partial charge in [-0.05, 0) is 41.5 Å². The largest absolute Gasteiger partial charge is 0.392 e. The molecule has 1 N–H and O–H groups in total. The number of hydrogen-bond acceptors (Lipinski definition) is 1. The first kappa shape index (κ1) is 12.2. The normalized spacial score (nSPS) is 24.2. The van der Waals surface area contributed by atoms with E-state index in [1.165, 1.54) is 0 Å². The Kier molecular flexibility index (Phi) is 3.22. The van der Waals surface area contributed by atoms with Crippen molar-refractivity contribution in [2.45, 2.75) is 32.8 Å². The van der Waals surface area contributed by atoms with E-state index in [-0.39, 0.29) is 11.5 Å². The fourth-order valence-corrected chi connectivity index (χ4v) is 2.62. The van der Waals surface area contributed by atoms with Crippen molar-refractivity contribution in [2.24, 2.45) is 11.3 Å². The maximum atomic E-state index is 10.1. The van der Waals surface area contributed by atoms with Crippen LogP contribution in [-0.2, 0) is 6.42 Å². The Labute approximate surface area is 106 Å². The molecule has 2 rings (SSSR count). The van der Waals surface area contributed by atoms with Gasteiger partial charge in [0, 0.05) is 16.5 Å². The summed E-state index contributed by atoms with van der Waals surface area (Å²) in [6, 6.07) is 5.38. The highest BCUT2D eigenvalue weighted by molar-refractivity contribution is 6.33. The molecule has 0 aliphatic heterocycles. The first-order chi connectivity index (χ1) is 7.40. The van der Waals surface area contributed by atoms with Crippen LogP contribution in [-0.4, -0.2) is 11.2 Å². The van der Waals surface area contributed by atoms with Crippen LogP contribution < -0.4 is 0 Å². The molecule has 0 heterocycles. The fourth-order valence-electron chi connectivity index (χ4n) is 2.23. The zero-order valence-electron chi connectivity index (χ0n) is 9.50. The summed E-state index contributed by atoms with van der Waals surface area (Å²) in [5.41, 5.74) is 1.22. The molecule has 0 radical (unpaired) electrons. The second-order valence-electron chi connectivity index (χ2n) is 5.31. The Morgan fingerprint density at radius 3 is 2.62 bits per heavy atom. The first-order valence-corrected chi connectivity index (χ1v) is 6.28. The molecule has 16 heavy (non-hydrogen) atoms. The third kappa shape index (κ3) is 2.53. The average molecular weight is 259 g/mol. The van der Waals surface area contributed by atoms with Crippen LogP contribution in [0, 0.1) is 11.3 Å². The van der Waals surface area contributed by atoms with Crippen LogP contribution in [0.25, 0.3) is 0 Å². The predicted molar refractivity (Wildman–Crippen MR) is 68.1 cm³/mol. The molecule has 1 nitrogen and oxygen atoms in total. The summed E-state index contributed by atoms with van der Waals surface area (Å²) in [6.45, 7) is 4.36. The van der Waals surface area contributed by atoms with E-state index >= 15 is 0 Å². The second kappa shape index (κ2) is 4.21. The summed E-state index contributed by atoms with van der Waals surface area (Å²) in [7, 11) is 0.